The van der Waals surface area contributed by atoms with E-state index in [4.69, 9.17) is 4.55 Å². The molecule has 0 amide bonds. The minimum atomic E-state index is -4.25. The molecule has 0 aliphatic rings. The van der Waals surface area contributed by atoms with Crippen LogP contribution in [0.1, 0.15) is 12.5 Å². The normalized spacial score (nSPS) is 15.3. The quantitative estimate of drug-likeness (QED) is 0.739. The van der Waals surface area contributed by atoms with Crippen molar-refractivity contribution in [2.24, 2.45) is 0 Å². The summed E-state index contributed by atoms with van der Waals surface area (Å²) in [7, 11) is -4.25. The van der Waals surface area contributed by atoms with Crippen molar-refractivity contribution in [1.82, 2.24) is 5.32 Å². The monoisotopic (exact) mass is 275 g/mol. The van der Waals surface area contributed by atoms with E-state index in [0.29, 0.717) is 0 Å². The highest BCUT2D eigenvalue weighted by molar-refractivity contribution is 7.85. The minimum absolute atomic E-state index is 0.0343. The summed E-state index contributed by atoms with van der Waals surface area (Å²) in [5.74, 6) is -0.863. The van der Waals surface area contributed by atoms with E-state index in [0.717, 1.165) is 12.0 Å². The predicted octanol–water partition coefficient (Wildman–Crippen LogP) is 1.43. The predicted molar refractivity (Wildman–Crippen MR) is 68.9 cm³/mol. The molecule has 0 radical (unpaired) electrons. The molecule has 0 heterocycles. The van der Waals surface area contributed by atoms with Crippen LogP contribution in [0.2, 0.25) is 0 Å². The van der Waals surface area contributed by atoms with Crippen LogP contribution in [0.25, 0.3) is 0 Å². The van der Waals surface area contributed by atoms with Crippen LogP contribution in [0.3, 0.4) is 0 Å². The fourth-order valence-corrected chi connectivity index (χ4v) is 2.23. The maximum absolute atomic E-state index is 13.2. The summed E-state index contributed by atoms with van der Waals surface area (Å²) < 4.78 is 42.6. The maximum atomic E-state index is 13.2. The summed E-state index contributed by atoms with van der Waals surface area (Å²) in [6.45, 7) is 1.81. The zero-order valence-electron chi connectivity index (χ0n) is 10.2. The van der Waals surface area contributed by atoms with Crippen LogP contribution in [-0.2, 0) is 16.5 Å². The maximum Gasteiger partial charge on any atom is 0.267 e. The van der Waals surface area contributed by atoms with Crippen molar-refractivity contribution in [3.8, 4) is 0 Å². The number of halogens is 1. The number of hydrogen-bond acceptors (Lipinski definition) is 3. The summed E-state index contributed by atoms with van der Waals surface area (Å²) in [6.07, 6.45) is -0.863. The van der Waals surface area contributed by atoms with E-state index in [1.807, 2.05) is 37.3 Å². The van der Waals surface area contributed by atoms with E-state index < -0.39 is 22.0 Å². The third kappa shape index (κ3) is 6.68. The Morgan fingerprint density at radius 2 is 1.94 bits per heavy atom. The molecule has 0 fully saturated rings. The number of benzene rings is 1. The van der Waals surface area contributed by atoms with E-state index >= 15 is 0 Å². The Hall–Kier alpha value is -0.980. The lowest BCUT2D eigenvalue weighted by Crippen LogP contribution is -2.36. The molecule has 0 bridgehead atoms. The van der Waals surface area contributed by atoms with E-state index in [1.54, 1.807) is 0 Å². The zero-order chi connectivity index (χ0) is 13.6. The standard InChI is InChI=1S/C12H18FNO3S/c1-10(7-11-5-3-2-4-6-11)14-8-12(13)9-18(15,16)17/h2-6,10,12,14H,7-9H2,1H3,(H,15,16,17)/t10?,12-/m0/s1. The minimum Gasteiger partial charge on any atom is -0.311 e. The second-order valence-corrected chi connectivity index (χ2v) is 5.84. The molecular formula is C12H18FNO3S. The summed E-state index contributed by atoms with van der Waals surface area (Å²) in [4.78, 5) is 0. The molecule has 0 aromatic heterocycles. The van der Waals surface area contributed by atoms with Gasteiger partial charge in [-0.15, -0.1) is 0 Å². The van der Waals surface area contributed by atoms with Crippen LogP contribution >= 0.6 is 0 Å². The van der Waals surface area contributed by atoms with E-state index in [2.05, 4.69) is 5.32 Å². The molecular weight excluding hydrogens is 257 g/mol. The van der Waals surface area contributed by atoms with Crippen LogP contribution in [0.4, 0.5) is 4.39 Å². The Kier molecular flexibility index (Phi) is 5.71. The first-order chi connectivity index (χ1) is 8.37. The molecule has 2 atom stereocenters. The fourth-order valence-electron chi connectivity index (χ4n) is 1.66. The van der Waals surface area contributed by atoms with Crippen LogP contribution < -0.4 is 5.32 Å². The van der Waals surface area contributed by atoms with E-state index in [-0.39, 0.29) is 12.6 Å². The molecule has 0 saturated carbocycles. The SMILES string of the molecule is CC(Cc1ccccc1)NC[C@H](F)CS(=O)(=O)O. The van der Waals surface area contributed by atoms with Gasteiger partial charge in [0.2, 0.25) is 0 Å². The van der Waals surface area contributed by atoms with Gasteiger partial charge >= 0.3 is 0 Å². The van der Waals surface area contributed by atoms with Gasteiger partial charge in [-0.25, -0.2) is 4.39 Å². The zero-order valence-corrected chi connectivity index (χ0v) is 11.0. The first-order valence-electron chi connectivity index (χ1n) is 5.73. The summed E-state index contributed by atoms with van der Waals surface area (Å²) in [5, 5.41) is 2.90. The molecule has 0 aliphatic carbocycles. The van der Waals surface area contributed by atoms with Crippen molar-refractivity contribution < 1.29 is 17.4 Å². The molecule has 1 rings (SSSR count). The molecule has 4 nitrogen and oxygen atoms in total. The highest BCUT2D eigenvalue weighted by Gasteiger charge is 2.16. The summed E-state index contributed by atoms with van der Waals surface area (Å²) in [5.41, 5.74) is 1.13. The molecule has 0 saturated heterocycles. The smallest absolute Gasteiger partial charge is 0.267 e. The average molecular weight is 275 g/mol. The highest BCUT2D eigenvalue weighted by Crippen LogP contribution is 2.03. The van der Waals surface area contributed by atoms with Gasteiger partial charge in [0.1, 0.15) is 11.9 Å². The van der Waals surface area contributed by atoms with Crippen molar-refractivity contribution in [3.63, 3.8) is 0 Å². The van der Waals surface area contributed by atoms with Gasteiger partial charge in [-0.1, -0.05) is 30.3 Å². The van der Waals surface area contributed by atoms with Gasteiger partial charge in [-0.2, -0.15) is 8.42 Å². The lowest BCUT2D eigenvalue weighted by Gasteiger charge is -2.15. The summed E-state index contributed by atoms with van der Waals surface area (Å²) >= 11 is 0. The van der Waals surface area contributed by atoms with Crippen LogP contribution in [-0.4, -0.2) is 37.5 Å². The third-order valence-electron chi connectivity index (χ3n) is 2.46. The topological polar surface area (TPSA) is 66.4 Å². The Balaban J connectivity index is 2.31. The molecule has 0 spiro atoms. The second kappa shape index (κ2) is 6.82. The third-order valence-corrected chi connectivity index (χ3v) is 3.25. The van der Waals surface area contributed by atoms with Gasteiger partial charge in [-0.3, -0.25) is 4.55 Å². The van der Waals surface area contributed by atoms with Gasteiger partial charge in [0.25, 0.3) is 10.1 Å². The molecule has 18 heavy (non-hydrogen) atoms. The lowest BCUT2D eigenvalue weighted by atomic mass is 10.1. The van der Waals surface area contributed by atoms with E-state index in [9.17, 15) is 12.8 Å². The van der Waals surface area contributed by atoms with Gasteiger partial charge in [0, 0.05) is 12.6 Å². The molecule has 1 unspecified atom stereocenters. The Morgan fingerprint density at radius 1 is 1.33 bits per heavy atom. The Labute approximate surface area is 107 Å². The lowest BCUT2D eigenvalue weighted by molar-refractivity contribution is 0.326. The Morgan fingerprint density at radius 3 is 2.50 bits per heavy atom. The van der Waals surface area contributed by atoms with Crippen molar-refractivity contribution in [2.75, 3.05) is 12.3 Å². The largest absolute Gasteiger partial charge is 0.311 e. The molecule has 2 N–H and O–H groups in total. The molecule has 0 aliphatic heterocycles. The number of rotatable bonds is 7. The Bertz CT molecular complexity index is 450. The van der Waals surface area contributed by atoms with Crippen molar-refractivity contribution in [1.29, 1.82) is 0 Å². The van der Waals surface area contributed by atoms with Gasteiger partial charge in [0.05, 0.1) is 0 Å². The molecule has 1 aromatic carbocycles. The van der Waals surface area contributed by atoms with Gasteiger partial charge in [-0.05, 0) is 18.9 Å². The van der Waals surface area contributed by atoms with Crippen LogP contribution in [0.5, 0.6) is 0 Å². The van der Waals surface area contributed by atoms with Crippen molar-refractivity contribution in [2.45, 2.75) is 25.6 Å². The van der Waals surface area contributed by atoms with Crippen molar-refractivity contribution in [3.05, 3.63) is 35.9 Å². The molecule has 102 valence electrons. The van der Waals surface area contributed by atoms with Crippen molar-refractivity contribution >= 4 is 10.1 Å². The average Bonchev–Trinajstić information content (AvgIpc) is 2.25. The summed E-state index contributed by atoms with van der Waals surface area (Å²) in [6, 6.07) is 9.77. The first-order valence-corrected chi connectivity index (χ1v) is 7.34. The van der Waals surface area contributed by atoms with Gasteiger partial charge < -0.3 is 5.32 Å². The fraction of sp³-hybridized carbons (Fsp3) is 0.500. The number of hydrogen-bond donors (Lipinski definition) is 2. The van der Waals surface area contributed by atoms with E-state index in [1.165, 1.54) is 0 Å². The first kappa shape index (κ1) is 15.1. The molecule has 6 heteroatoms. The van der Waals surface area contributed by atoms with Gasteiger partial charge in [0.15, 0.2) is 0 Å². The highest BCUT2D eigenvalue weighted by atomic mass is 32.2. The van der Waals surface area contributed by atoms with Crippen LogP contribution in [0.15, 0.2) is 30.3 Å². The van der Waals surface area contributed by atoms with Crippen LogP contribution in [0, 0.1) is 0 Å². The number of alkyl halides is 1. The second-order valence-electron chi connectivity index (χ2n) is 4.34. The number of nitrogens with one attached hydrogen (secondary N) is 1. The molecule has 1 aromatic rings.